The first-order chi connectivity index (χ1) is 15.2. The number of hydrogen-bond acceptors (Lipinski definition) is 1. The maximum Gasteiger partial charge on any atom is 0.166 e. The lowest BCUT2D eigenvalue weighted by Crippen LogP contribution is -2.47. The summed E-state index contributed by atoms with van der Waals surface area (Å²) in [5.41, 5.74) is 0. The molecule has 0 amide bonds. The molecule has 0 aromatic carbocycles. The molecule has 0 bridgehead atoms. The van der Waals surface area contributed by atoms with Gasteiger partial charge < -0.3 is 10.6 Å². The Bertz CT molecular complexity index is 397. The first-order valence-electron chi connectivity index (χ1n) is 14.3. The first kappa shape index (κ1) is 31.7. The van der Waals surface area contributed by atoms with Gasteiger partial charge in [-0.05, 0) is 74.4 Å². The summed E-state index contributed by atoms with van der Waals surface area (Å²) in [5, 5.41) is 8.38. The molecule has 0 aliphatic heterocycles. The normalized spacial score (nSPS) is 15.6. The molecule has 0 radical (unpaired) electrons. The first-order valence-corrected chi connectivity index (χ1v) is 14.7. The van der Waals surface area contributed by atoms with Gasteiger partial charge in [-0.2, -0.15) is 0 Å². The van der Waals surface area contributed by atoms with Gasteiger partial charge in [-0.1, -0.05) is 107 Å². The van der Waals surface area contributed by atoms with Crippen molar-refractivity contribution < 1.29 is 0 Å². The summed E-state index contributed by atoms with van der Waals surface area (Å²) < 4.78 is 0. The summed E-state index contributed by atoms with van der Waals surface area (Å²) in [7, 11) is 0. The molecule has 0 heterocycles. The highest BCUT2D eigenvalue weighted by Gasteiger charge is 2.19. The average molecular weight is 469 g/mol. The minimum Gasteiger partial charge on any atom is -0.360 e. The molecule has 32 heavy (non-hydrogen) atoms. The molecule has 0 aliphatic rings. The fourth-order valence-electron chi connectivity index (χ4n) is 5.01. The third kappa shape index (κ3) is 17.2. The largest absolute Gasteiger partial charge is 0.360 e. The molecule has 4 atom stereocenters. The summed E-state index contributed by atoms with van der Waals surface area (Å²) in [6.07, 6.45) is 18.3. The highest BCUT2D eigenvalue weighted by atomic mass is 32.1. The van der Waals surface area contributed by atoms with Crippen LogP contribution in [0, 0.1) is 23.7 Å². The molecule has 0 fully saturated rings. The second-order valence-corrected chi connectivity index (χ2v) is 11.7. The molecule has 0 spiro atoms. The molecule has 0 aliphatic carbocycles. The Balaban J connectivity index is 4.82. The van der Waals surface area contributed by atoms with Gasteiger partial charge in [0.05, 0.1) is 0 Å². The van der Waals surface area contributed by atoms with Crippen LogP contribution in [-0.2, 0) is 0 Å². The number of nitrogens with one attached hydrogen (secondary N) is 2. The number of hydrogen-bond donors (Lipinski definition) is 2. The van der Waals surface area contributed by atoms with Crippen LogP contribution in [0.2, 0.25) is 0 Å². The van der Waals surface area contributed by atoms with Crippen LogP contribution in [0.1, 0.15) is 145 Å². The van der Waals surface area contributed by atoms with E-state index in [-0.39, 0.29) is 0 Å². The molecule has 0 saturated heterocycles. The quantitative estimate of drug-likeness (QED) is 0.174. The van der Waals surface area contributed by atoms with Crippen LogP contribution < -0.4 is 10.6 Å². The summed E-state index contributed by atoms with van der Waals surface area (Å²) in [5.74, 6) is 3.13. The van der Waals surface area contributed by atoms with Gasteiger partial charge in [0.15, 0.2) is 5.11 Å². The standard InChI is InChI=1S/C29H60N2S/c1-9-13-15-25(11-3)17-19-27(21-23(5)6)30-29(32)31-28(22-24(7)8)20-18-26(12-4)16-14-10-2/h23-28H,9-22H2,1-8H3,(H2,30,31,32)/t25-,26+,27-,28-/m0/s1. The number of rotatable bonds is 20. The summed E-state index contributed by atoms with van der Waals surface area (Å²) >= 11 is 5.85. The maximum atomic E-state index is 5.85. The molecule has 2 nitrogen and oxygen atoms in total. The van der Waals surface area contributed by atoms with E-state index >= 15 is 0 Å². The van der Waals surface area contributed by atoms with E-state index in [9.17, 15) is 0 Å². The molecular formula is C29H60N2S. The predicted octanol–water partition coefficient (Wildman–Crippen LogP) is 9.27. The van der Waals surface area contributed by atoms with Crippen molar-refractivity contribution >= 4 is 17.3 Å². The van der Waals surface area contributed by atoms with Crippen molar-refractivity contribution in [3.8, 4) is 0 Å². The number of thiocarbonyl (C=S) groups is 1. The van der Waals surface area contributed by atoms with Crippen LogP contribution in [-0.4, -0.2) is 17.2 Å². The second-order valence-electron chi connectivity index (χ2n) is 11.3. The number of unbranched alkanes of at least 4 members (excludes halogenated alkanes) is 2. The van der Waals surface area contributed by atoms with Gasteiger partial charge in [0.1, 0.15) is 0 Å². The third-order valence-corrected chi connectivity index (χ3v) is 7.35. The van der Waals surface area contributed by atoms with E-state index in [1.807, 2.05) is 0 Å². The van der Waals surface area contributed by atoms with Crippen molar-refractivity contribution in [2.75, 3.05) is 0 Å². The van der Waals surface area contributed by atoms with Crippen LogP contribution in [0.4, 0.5) is 0 Å². The fourth-order valence-corrected chi connectivity index (χ4v) is 5.35. The third-order valence-electron chi connectivity index (χ3n) is 7.12. The van der Waals surface area contributed by atoms with E-state index in [1.165, 1.54) is 89.9 Å². The Morgan fingerprint density at radius 3 is 1.25 bits per heavy atom. The van der Waals surface area contributed by atoms with Gasteiger partial charge in [0.2, 0.25) is 0 Å². The van der Waals surface area contributed by atoms with Crippen molar-refractivity contribution in [3.05, 3.63) is 0 Å². The summed E-state index contributed by atoms with van der Waals surface area (Å²) in [6, 6.07) is 0.997. The molecule has 0 aromatic heterocycles. The van der Waals surface area contributed by atoms with E-state index in [2.05, 4.69) is 66.0 Å². The summed E-state index contributed by atoms with van der Waals surface area (Å²) in [6.45, 7) is 18.7. The van der Waals surface area contributed by atoms with E-state index in [0.717, 1.165) is 16.9 Å². The van der Waals surface area contributed by atoms with Crippen molar-refractivity contribution in [1.29, 1.82) is 0 Å². The highest BCUT2D eigenvalue weighted by Crippen LogP contribution is 2.23. The zero-order chi connectivity index (χ0) is 24.4. The van der Waals surface area contributed by atoms with E-state index < -0.39 is 0 Å². The monoisotopic (exact) mass is 468 g/mol. The molecular weight excluding hydrogens is 408 g/mol. The Morgan fingerprint density at radius 2 is 0.969 bits per heavy atom. The van der Waals surface area contributed by atoms with Crippen molar-refractivity contribution in [2.24, 2.45) is 23.7 Å². The zero-order valence-electron chi connectivity index (χ0n) is 23.3. The van der Waals surface area contributed by atoms with Gasteiger partial charge in [-0.3, -0.25) is 0 Å². The zero-order valence-corrected chi connectivity index (χ0v) is 24.1. The maximum absolute atomic E-state index is 5.85. The lowest BCUT2D eigenvalue weighted by molar-refractivity contribution is 0.347. The lowest BCUT2D eigenvalue weighted by atomic mass is 9.90. The van der Waals surface area contributed by atoms with E-state index in [0.29, 0.717) is 23.9 Å². The van der Waals surface area contributed by atoms with Crippen LogP contribution in [0.15, 0.2) is 0 Å². The smallest absolute Gasteiger partial charge is 0.166 e. The Morgan fingerprint density at radius 1 is 0.594 bits per heavy atom. The van der Waals surface area contributed by atoms with Crippen molar-refractivity contribution in [1.82, 2.24) is 10.6 Å². The molecule has 0 saturated carbocycles. The topological polar surface area (TPSA) is 24.1 Å². The highest BCUT2D eigenvalue weighted by molar-refractivity contribution is 7.80. The Labute approximate surface area is 208 Å². The minimum absolute atomic E-state index is 0.498. The molecule has 0 rings (SSSR count). The lowest BCUT2D eigenvalue weighted by Gasteiger charge is -2.28. The molecule has 192 valence electrons. The predicted molar refractivity (Wildman–Crippen MR) is 150 cm³/mol. The second kappa shape index (κ2) is 20.1. The minimum atomic E-state index is 0.498. The average Bonchev–Trinajstić information content (AvgIpc) is 2.72. The van der Waals surface area contributed by atoms with Crippen molar-refractivity contribution in [3.63, 3.8) is 0 Å². The van der Waals surface area contributed by atoms with Gasteiger partial charge in [-0.15, -0.1) is 0 Å². The van der Waals surface area contributed by atoms with E-state index in [4.69, 9.17) is 12.2 Å². The van der Waals surface area contributed by atoms with Gasteiger partial charge in [-0.25, -0.2) is 0 Å². The van der Waals surface area contributed by atoms with Crippen LogP contribution in [0.3, 0.4) is 0 Å². The fraction of sp³-hybridized carbons (Fsp3) is 0.966. The van der Waals surface area contributed by atoms with Crippen LogP contribution >= 0.6 is 12.2 Å². The molecule has 3 heteroatoms. The summed E-state index contributed by atoms with van der Waals surface area (Å²) in [4.78, 5) is 0. The van der Waals surface area contributed by atoms with Gasteiger partial charge >= 0.3 is 0 Å². The van der Waals surface area contributed by atoms with Gasteiger partial charge in [0.25, 0.3) is 0 Å². The SMILES string of the molecule is CCCC[C@@H](CC)CC[C@@H](CC(C)C)NC(=S)N[C@@H](CC[C@@H](CC)CCCC)CC(C)C. The van der Waals surface area contributed by atoms with Crippen molar-refractivity contribution in [2.45, 2.75) is 157 Å². The van der Waals surface area contributed by atoms with Crippen LogP contribution in [0.25, 0.3) is 0 Å². The Kier molecular flexibility index (Phi) is 19.9. The Hall–Kier alpha value is -0.310. The molecule has 0 unspecified atom stereocenters. The van der Waals surface area contributed by atoms with E-state index in [1.54, 1.807) is 0 Å². The van der Waals surface area contributed by atoms with Gasteiger partial charge in [0, 0.05) is 12.1 Å². The molecule has 2 N–H and O–H groups in total. The van der Waals surface area contributed by atoms with Crippen LogP contribution in [0.5, 0.6) is 0 Å². The molecule has 0 aromatic rings.